The van der Waals surface area contributed by atoms with Gasteiger partial charge in [-0.25, -0.2) is 4.79 Å². The zero-order valence-electron chi connectivity index (χ0n) is 16.6. The van der Waals surface area contributed by atoms with Crippen molar-refractivity contribution in [2.24, 2.45) is 0 Å². The monoisotopic (exact) mass is 450 g/mol. The van der Waals surface area contributed by atoms with Crippen LogP contribution in [0, 0.1) is 0 Å². The number of esters is 1. The highest BCUT2D eigenvalue weighted by Gasteiger charge is 2.45. The summed E-state index contributed by atoms with van der Waals surface area (Å²) in [5.41, 5.74) is -0.0449. The molecular weight excluding hydrogens is 428 g/mol. The van der Waals surface area contributed by atoms with Crippen molar-refractivity contribution < 1.29 is 49.0 Å². The first-order valence-corrected chi connectivity index (χ1v) is 9.52. The summed E-state index contributed by atoms with van der Waals surface area (Å²) in [6.45, 7) is -1.17. The van der Waals surface area contributed by atoms with Gasteiger partial charge in [0.15, 0.2) is 12.4 Å². The lowest BCUT2D eigenvalue weighted by Crippen LogP contribution is -2.60. The smallest absolute Gasteiger partial charge is 0.331 e. The van der Waals surface area contributed by atoms with Crippen LogP contribution < -0.4 is 10.2 Å². The Labute approximate surface area is 181 Å². The molecule has 0 radical (unpaired) electrons. The van der Waals surface area contributed by atoms with E-state index in [-0.39, 0.29) is 11.5 Å². The summed E-state index contributed by atoms with van der Waals surface area (Å²) in [5, 5.41) is 48.3. The van der Waals surface area contributed by atoms with E-state index in [0.717, 1.165) is 18.4 Å². The normalized spacial score (nSPS) is 25.6. The first-order valence-electron chi connectivity index (χ1n) is 9.52. The number of hydrogen-bond donors (Lipinski definition) is 5. The van der Waals surface area contributed by atoms with Crippen LogP contribution in [0.5, 0.6) is 11.5 Å². The van der Waals surface area contributed by atoms with Crippen LogP contribution in [0.4, 0.5) is 0 Å². The molecule has 5 atom stereocenters. The molecule has 5 N–H and O–H groups in total. The molecule has 11 nitrogen and oxygen atoms in total. The molecule has 32 heavy (non-hydrogen) atoms. The van der Waals surface area contributed by atoms with Crippen molar-refractivity contribution in [3.8, 4) is 11.5 Å². The van der Waals surface area contributed by atoms with Crippen LogP contribution in [0.15, 0.2) is 51.9 Å². The average molecular weight is 450 g/mol. The van der Waals surface area contributed by atoms with E-state index < -0.39 is 61.1 Å². The molecule has 1 aromatic heterocycles. The lowest BCUT2D eigenvalue weighted by Gasteiger charge is -2.39. The highest BCUT2D eigenvalue weighted by Crippen LogP contribution is 2.25. The van der Waals surface area contributed by atoms with Gasteiger partial charge >= 0.3 is 5.97 Å². The van der Waals surface area contributed by atoms with Gasteiger partial charge in [0.25, 0.3) is 0 Å². The lowest BCUT2D eigenvalue weighted by molar-refractivity contribution is -0.278. The molecule has 3 rings (SSSR count). The van der Waals surface area contributed by atoms with Gasteiger partial charge in [-0.15, -0.1) is 0 Å². The van der Waals surface area contributed by atoms with Gasteiger partial charge in [-0.1, -0.05) is 12.1 Å². The van der Waals surface area contributed by atoms with Gasteiger partial charge in [-0.2, -0.15) is 0 Å². The Kier molecular flexibility index (Phi) is 7.62. The Morgan fingerprint density at radius 2 is 1.78 bits per heavy atom. The number of carbonyl (C=O) groups excluding carboxylic acids is 1. The van der Waals surface area contributed by atoms with Gasteiger partial charge in [0, 0.05) is 12.1 Å². The lowest BCUT2D eigenvalue weighted by atomic mass is 9.99. The quantitative estimate of drug-likeness (QED) is 0.266. The molecule has 0 saturated carbocycles. The largest absolute Gasteiger partial charge is 0.508 e. The molecule has 11 heteroatoms. The summed E-state index contributed by atoms with van der Waals surface area (Å²) in [6.07, 6.45) is -4.25. The van der Waals surface area contributed by atoms with Gasteiger partial charge < -0.3 is 44.2 Å². The van der Waals surface area contributed by atoms with Gasteiger partial charge in [-0.05, 0) is 23.8 Å². The predicted molar refractivity (Wildman–Crippen MR) is 106 cm³/mol. The number of carbonyl (C=O) groups is 1. The van der Waals surface area contributed by atoms with Crippen molar-refractivity contribution in [3.05, 3.63) is 64.2 Å². The average Bonchev–Trinajstić information content (AvgIpc) is 2.79. The molecule has 2 heterocycles. The van der Waals surface area contributed by atoms with E-state index in [0.29, 0.717) is 5.56 Å². The first kappa shape index (κ1) is 23.4. The number of aliphatic hydroxyl groups excluding tert-OH is 4. The molecule has 2 aromatic rings. The van der Waals surface area contributed by atoms with Crippen LogP contribution in [-0.2, 0) is 20.9 Å². The minimum Gasteiger partial charge on any atom is -0.508 e. The van der Waals surface area contributed by atoms with E-state index in [2.05, 4.69) is 0 Å². The number of phenolic OH excluding ortho intramolecular Hbond substituents is 1. The van der Waals surface area contributed by atoms with Gasteiger partial charge in [-0.3, -0.25) is 4.79 Å². The summed E-state index contributed by atoms with van der Waals surface area (Å²) >= 11 is 0. The fourth-order valence-corrected chi connectivity index (χ4v) is 2.88. The van der Waals surface area contributed by atoms with Crippen molar-refractivity contribution in [2.75, 3.05) is 6.61 Å². The van der Waals surface area contributed by atoms with Gasteiger partial charge in [0.05, 0.1) is 12.9 Å². The second kappa shape index (κ2) is 10.4. The van der Waals surface area contributed by atoms with E-state index in [1.165, 1.54) is 18.2 Å². The fraction of sp³-hybridized carbons (Fsp3) is 0.333. The van der Waals surface area contributed by atoms with Crippen molar-refractivity contribution in [1.82, 2.24) is 0 Å². The maximum Gasteiger partial charge on any atom is 0.331 e. The third-order valence-corrected chi connectivity index (χ3v) is 4.64. The van der Waals surface area contributed by atoms with E-state index in [4.69, 9.17) is 18.6 Å². The number of hydrogen-bond acceptors (Lipinski definition) is 11. The first-order chi connectivity index (χ1) is 15.3. The Hall–Kier alpha value is -3.22. The zero-order valence-corrected chi connectivity index (χ0v) is 16.6. The van der Waals surface area contributed by atoms with E-state index in [9.17, 15) is 35.1 Å². The van der Waals surface area contributed by atoms with E-state index in [1.807, 2.05) is 0 Å². The molecule has 1 aliphatic heterocycles. The number of rotatable bonds is 7. The number of phenols is 1. The number of benzene rings is 1. The highest BCUT2D eigenvalue weighted by molar-refractivity contribution is 5.87. The second-order valence-electron chi connectivity index (χ2n) is 6.88. The Bertz CT molecular complexity index is 996. The van der Waals surface area contributed by atoms with Crippen LogP contribution in [-0.4, -0.2) is 68.8 Å². The third-order valence-electron chi connectivity index (χ3n) is 4.64. The van der Waals surface area contributed by atoms with Crippen LogP contribution in [0.1, 0.15) is 11.3 Å². The molecule has 1 fully saturated rings. The molecule has 0 unspecified atom stereocenters. The molecule has 1 aliphatic rings. The molecule has 0 aliphatic carbocycles. The van der Waals surface area contributed by atoms with Crippen LogP contribution in [0.2, 0.25) is 0 Å². The van der Waals surface area contributed by atoms with Gasteiger partial charge in [0.1, 0.15) is 30.2 Å². The molecule has 1 aromatic carbocycles. The summed E-state index contributed by atoms with van der Waals surface area (Å²) in [6, 6.07) is 7.09. The SMILES string of the molecule is O=C(/C=C\c1ccc(O)cc1)OCc1occc(=O)c1O[C@H]1O[C@H](CO)[C@@H](O)[C@H](O)[C@H]1O. The number of aromatic hydroxyl groups is 1. The fourth-order valence-electron chi connectivity index (χ4n) is 2.88. The maximum absolute atomic E-state index is 12.2. The molecule has 0 amide bonds. The van der Waals surface area contributed by atoms with E-state index >= 15 is 0 Å². The topological polar surface area (TPSA) is 176 Å². The second-order valence-corrected chi connectivity index (χ2v) is 6.88. The number of ether oxygens (including phenoxy) is 3. The van der Waals surface area contributed by atoms with Gasteiger partial charge in [0.2, 0.25) is 17.5 Å². The van der Waals surface area contributed by atoms with Crippen LogP contribution in [0.25, 0.3) is 6.08 Å². The van der Waals surface area contributed by atoms with Crippen molar-refractivity contribution in [2.45, 2.75) is 37.3 Å². The minimum absolute atomic E-state index is 0.0794. The molecule has 0 bridgehead atoms. The standard InChI is InChI=1S/C21H22O11/c22-9-14-17(26)18(27)19(28)21(31-14)32-20-13(24)7-8-29-15(20)10-30-16(25)6-3-11-1-4-12(23)5-2-11/h1-8,14,17-19,21-23,26-28H,9-10H2/b6-3-/t14-,17-,18+,19-,21-/m1/s1. The Morgan fingerprint density at radius 1 is 1.06 bits per heavy atom. The van der Waals surface area contributed by atoms with Crippen molar-refractivity contribution in [1.29, 1.82) is 0 Å². The van der Waals surface area contributed by atoms with E-state index in [1.54, 1.807) is 12.1 Å². The van der Waals surface area contributed by atoms with Crippen LogP contribution >= 0.6 is 0 Å². The molecule has 0 spiro atoms. The molecular formula is C21H22O11. The Balaban J connectivity index is 1.68. The van der Waals surface area contributed by atoms with Crippen molar-refractivity contribution in [3.63, 3.8) is 0 Å². The molecule has 1 saturated heterocycles. The van der Waals surface area contributed by atoms with Crippen LogP contribution in [0.3, 0.4) is 0 Å². The summed E-state index contributed by atoms with van der Waals surface area (Å²) in [7, 11) is 0. The number of aliphatic hydroxyl groups is 4. The summed E-state index contributed by atoms with van der Waals surface area (Å²) in [4.78, 5) is 24.2. The maximum atomic E-state index is 12.2. The zero-order chi connectivity index (χ0) is 23.3. The highest BCUT2D eigenvalue weighted by atomic mass is 16.7. The summed E-state index contributed by atoms with van der Waals surface area (Å²) in [5.74, 6) is -1.31. The minimum atomic E-state index is -1.74. The molecule has 172 valence electrons. The third kappa shape index (κ3) is 5.52. The Morgan fingerprint density at radius 3 is 2.47 bits per heavy atom. The summed E-state index contributed by atoms with van der Waals surface area (Å²) < 4.78 is 20.8. The van der Waals surface area contributed by atoms with Crippen molar-refractivity contribution >= 4 is 12.0 Å². The predicted octanol–water partition coefficient (Wildman–Crippen LogP) is -0.719.